The summed E-state index contributed by atoms with van der Waals surface area (Å²) in [6.07, 6.45) is 0. The van der Waals surface area contributed by atoms with Crippen LogP contribution in [0.15, 0.2) is 64.3 Å². The zero-order valence-electron chi connectivity index (χ0n) is 19.1. The summed E-state index contributed by atoms with van der Waals surface area (Å²) < 4.78 is 27.9. The number of benzene rings is 2. The maximum atomic E-state index is 13.2. The predicted octanol–water partition coefficient (Wildman–Crippen LogP) is 3.77. The van der Waals surface area contributed by atoms with Gasteiger partial charge >= 0.3 is 0 Å². The molecule has 1 N–H and O–H groups in total. The fourth-order valence-corrected chi connectivity index (χ4v) is 7.05. The number of rotatable bonds is 5. The van der Waals surface area contributed by atoms with E-state index in [9.17, 15) is 13.2 Å². The number of nitrogens with zero attached hydrogens (tertiary/aromatic N) is 3. The standard InChI is InChI=1S/C25H26N4O3S2/c1-17-8-9-18(2)22(14-17)34(31,32)29-12-10-28(11-13-29)16-23-26-24(30)20-15-21(33-25(20)27-23)19-6-4-3-5-7-19/h3-9,14-15H,10-13,16H2,1-2H3,(H,26,27,30). The molecule has 0 spiro atoms. The number of nitrogens with one attached hydrogen (secondary N) is 1. The number of hydrogen-bond donors (Lipinski definition) is 1. The van der Waals surface area contributed by atoms with E-state index in [1.165, 1.54) is 11.3 Å². The van der Waals surface area contributed by atoms with Crippen LogP contribution in [0.4, 0.5) is 0 Å². The zero-order valence-corrected chi connectivity index (χ0v) is 20.7. The highest BCUT2D eigenvalue weighted by atomic mass is 32.2. The van der Waals surface area contributed by atoms with Crippen LogP contribution in [0.25, 0.3) is 20.7 Å². The molecule has 9 heteroatoms. The van der Waals surface area contributed by atoms with Crippen LogP contribution < -0.4 is 5.56 Å². The maximum absolute atomic E-state index is 13.2. The summed E-state index contributed by atoms with van der Waals surface area (Å²) in [5, 5.41) is 0.594. The van der Waals surface area contributed by atoms with E-state index in [1.807, 2.05) is 62.4 Å². The van der Waals surface area contributed by atoms with Gasteiger partial charge in [-0.1, -0.05) is 42.5 Å². The van der Waals surface area contributed by atoms with Gasteiger partial charge in [-0.25, -0.2) is 13.4 Å². The summed E-state index contributed by atoms with van der Waals surface area (Å²) in [7, 11) is -3.54. The van der Waals surface area contributed by atoms with Crippen molar-refractivity contribution in [3.8, 4) is 10.4 Å². The van der Waals surface area contributed by atoms with Gasteiger partial charge in [-0.15, -0.1) is 11.3 Å². The number of H-pyrrole nitrogens is 1. The Kier molecular flexibility index (Phi) is 6.11. The smallest absolute Gasteiger partial charge is 0.259 e. The third-order valence-corrected chi connectivity index (χ3v) is 9.29. The van der Waals surface area contributed by atoms with Crippen molar-refractivity contribution in [3.05, 3.63) is 81.9 Å². The molecule has 34 heavy (non-hydrogen) atoms. The lowest BCUT2D eigenvalue weighted by atomic mass is 10.2. The normalized spacial score (nSPS) is 15.7. The molecule has 1 saturated heterocycles. The Balaban J connectivity index is 1.30. The van der Waals surface area contributed by atoms with Crippen molar-refractivity contribution < 1.29 is 8.42 Å². The summed E-state index contributed by atoms with van der Waals surface area (Å²) in [4.78, 5) is 24.5. The van der Waals surface area contributed by atoms with Crippen LogP contribution in [0.2, 0.25) is 0 Å². The van der Waals surface area contributed by atoms with Crippen LogP contribution in [0, 0.1) is 13.8 Å². The van der Waals surface area contributed by atoms with Crippen LogP contribution in [-0.4, -0.2) is 53.8 Å². The van der Waals surface area contributed by atoms with Crippen LogP contribution in [0.1, 0.15) is 17.0 Å². The number of aryl methyl sites for hydroxylation is 2. The highest BCUT2D eigenvalue weighted by molar-refractivity contribution is 7.89. The summed E-state index contributed by atoms with van der Waals surface area (Å²) in [5.74, 6) is 0.602. The van der Waals surface area contributed by atoms with Gasteiger partial charge in [0.25, 0.3) is 5.56 Å². The number of thiophene rings is 1. The third-order valence-electron chi connectivity index (χ3n) is 6.18. The Bertz CT molecular complexity index is 1500. The highest BCUT2D eigenvalue weighted by Gasteiger charge is 2.30. The fraction of sp³-hybridized carbons (Fsp3) is 0.280. The number of fused-ring (bicyclic) bond motifs is 1. The molecule has 0 aliphatic carbocycles. The molecule has 4 aromatic rings. The molecule has 176 valence electrons. The first-order valence-corrected chi connectivity index (χ1v) is 13.4. The van der Waals surface area contributed by atoms with Crippen LogP contribution >= 0.6 is 11.3 Å². The Hall–Kier alpha value is -2.85. The average Bonchev–Trinajstić information content (AvgIpc) is 3.26. The van der Waals surface area contributed by atoms with Gasteiger partial charge in [0.15, 0.2) is 0 Å². The van der Waals surface area contributed by atoms with Gasteiger partial charge in [0, 0.05) is 31.1 Å². The van der Waals surface area contributed by atoms with Crippen LogP contribution in [-0.2, 0) is 16.6 Å². The van der Waals surface area contributed by atoms with E-state index in [0.717, 1.165) is 21.6 Å². The van der Waals surface area contributed by atoms with Crippen molar-refractivity contribution in [2.75, 3.05) is 26.2 Å². The lowest BCUT2D eigenvalue weighted by Crippen LogP contribution is -2.48. The minimum Gasteiger partial charge on any atom is -0.309 e. The first kappa shape index (κ1) is 22.9. The van der Waals surface area contributed by atoms with Crippen molar-refractivity contribution in [1.29, 1.82) is 0 Å². The van der Waals surface area contributed by atoms with Gasteiger partial charge in [0.05, 0.1) is 16.8 Å². The number of hydrogen-bond acceptors (Lipinski definition) is 6. The van der Waals surface area contributed by atoms with Crippen LogP contribution in [0.3, 0.4) is 0 Å². The van der Waals surface area contributed by atoms with E-state index in [2.05, 4.69) is 9.88 Å². The second-order valence-corrected chi connectivity index (χ2v) is 11.6. The van der Waals surface area contributed by atoms with Crippen molar-refractivity contribution in [1.82, 2.24) is 19.2 Å². The second kappa shape index (κ2) is 9.07. The van der Waals surface area contributed by atoms with Gasteiger partial charge in [0.1, 0.15) is 10.7 Å². The molecule has 0 unspecified atom stereocenters. The van der Waals surface area contributed by atoms with Crippen molar-refractivity contribution in [3.63, 3.8) is 0 Å². The van der Waals surface area contributed by atoms with Gasteiger partial charge in [-0.3, -0.25) is 9.69 Å². The summed E-state index contributed by atoms with van der Waals surface area (Å²) in [5.41, 5.74) is 2.60. The molecule has 7 nitrogen and oxygen atoms in total. The molecule has 3 heterocycles. The topological polar surface area (TPSA) is 86.4 Å². The Morgan fingerprint density at radius 3 is 2.47 bits per heavy atom. The van der Waals surface area contributed by atoms with Crippen molar-refractivity contribution >= 4 is 31.6 Å². The minimum absolute atomic E-state index is 0.144. The van der Waals surface area contributed by atoms with E-state index in [4.69, 9.17) is 4.98 Å². The van der Waals surface area contributed by atoms with Gasteiger partial charge < -0.3 is 4.98 Å². The quantitative estimate of drug-likeness (QED) is 0.456. The molecule has 2 aromatic carbocycles. The monoisotopic (exact) mass is 494 g/mol. The molecule has 0 saturated carbocycles. The lowest BCUT2D eigenvalue weighted by Gasteiger charge is -2.33. The summed E-state index contributed by atoms with van der Waals surface area (Å²) in [6.45, 7) is 6.16. The molecule has 1 aliphatic heterocycles. The van der Waals surface area contributed by atoms with E-state index in [1.54, 1.807) is 10.4 Å². The number of sulfonamides is 1. The molecular formula is C25H26N4O3S2. The summed E-state index contributed by atoms with van der Waals surface area (Å²) in [6, 6.07) is 17.4. The first-order valence-electron chi connectivity index (χ1n) is 11.2. The highest BCUT2D eigenvalue weighted by Crippen LogP contribution is 2.31. The van der Waals surface area contributed by atoms with E-state index in [-0.39, 0.29) is 5.56 Å². The van der Waals surface area contributed by atoms with E-state index >= 15 is 0 Å². The molecule has 1 fully saturated rings. The maximum Gasteiger partial charge on any atom is 0.259 e. The fourth-order valence-electron chi connectivity index (χ4n) is 4.26. The zero-order chi connectivity index (χ0) is 23.9. The van der Waals surface area contributed by atoms with Crippen molar-refractivity contribution in [2.45, 2.75) is 25.3 Å². The third kappa shape index (κ3) is 4.44. The molecule has 1 aliphatic rings. The Morgan fingerprint density at radius 2 is 1.74 bits per heavy atom. The second-order valence-electron chi connectivity index (χ2n) is 8.66. The molecule has 0 amide bonds. The molecular weight excluding hydrogens is 468 g/mol. The lowest BCUT2D eigenvalue weighted by molar-refractivity contribution is 0.178. The van der Waals surface area contributed by atoms with E-state index in [0.29, 0.717) is 53.7 Å². The Labute approximate surface area is 202 Å². The number of aromatic amines is 1. The predicted molar refractivity (Wildman–Crippen MR) is 136 cm³/mol. The molecule has 5 rings (SSSR count). The number of piperazine rings is 1. The summed E-state index contributed by atoms with van der Waals surface area (Å²) >= 11 is 1.51. The Morgan fingerprint density at radius 1 is 1.00 bits per heavy atom. The number of aromatic nitrogens is 2. The van der Waals surface area contributed by atoms with E-state index < -0.39 is 10.0 Å². The largest absolute Gasteiger partial charge is 0.309 e. The molecule has 2 aromatic heterocycles. The van der Waals surface area contributed by atoms with Gasteiger partial charge in [-0.05, 0) is 42.7 Å². The first-order chi connectivity index (χ1) is 16.3. The van der Waals surface area contributed by atoms with Crippen molar-refractivity contribution in [2.24, 2.45) is 0 Å². The van der Waals surface area contributed by atoms with Gasteiger partial charge in [0.2, 0.25) is 10.0 Å². The van der Waals surface area contributed by atoms with Crippen LogP contribution in [0.5, 0.6) is 0 Å². The van der Waals surface area contributed by atoms with Gasteiger partial charge in [-0.2, -0.15) is 4.31 Å². The SMILES string of the molecule is Cc1ccc(C)c(S(=O)(=O)N2CCN(Cc3nc4sc(-c5ccccc5)cc4c(=O)[nH]3)CC2)c1. The molecule has 0 atom stereocenters. The minimum atomic E-state index is -3.54. The average molecular weight is 495 g/mol. The molecule has 0 bridgehead atoms. The molecule has 0 radical (unpaired) electrons.